The van der Waals surface area contributed by atoms with Crippen molar-refractivity contribution in [2.45, 2.75) is 40.3 Å². The number of nitrogens with one attached hydrogen (secondary N) is 2. The van der Waals surface area contributed by atoms with E-state index in [0.29, 0.717) is 39.8 Å². The molecule has 1 aliphatic rings. The molecule has 1 amide bonds. The smallest absolute Gasteiger partial charge is 0.255 e. The van der Waals surface area contributed by atoms with Gasteiger partial charge in [0, 0.05) is 11.4 Å². The van der Waals surface area contributed by atoms with E-state index in [0.717, 1.165) is 33.5 Å². The molecule has 4 aromatic rings. The molecule has 0 spiro atoms. The van der Waals surface area contributed by atoms with E-state index in [9.17, 15) is 4.79 Å². The molecule has 2 heterocycles. The summed E-state index contributed by atoms with van der Waals surface area (Å²) < 4.78 is 14.2. The number of halogens is 1. The third-order valence-electron chi connectivity index (χ3n) is 6.84. The van der Waals surface area contributed by atoms with Crippen molar-refractivity contribution in [3.63, 3.8) is 0 Å². The van der Waals surface area contributed by atoms with Crippen molar-refractivity contribution in [1.82, 2.24) is 20.2 Å². The molecule has 0 fully saturated rings. The van der Waals surface area contributed by atoms with Gasteiger partial charge in [-0.2, -0.15) is 4.68 Å². The number of fused-ring (bicyclic) bond motifs is 1. The lowest BCUT2D eigenvalue weighted by Gasteiger charge is -2.29. The number of tetrazole rings is 1. The number of ether oxygens (including phenoxy) is 2. The monoisotopic (exact) mass is 588 g/mol. The Hall–Kier alpha value is -4.18. The lowest BCUT2D eigenvalue weighted by atomic mass is 9.94. The number of hydrogen-bond acceptors (Lipinski definition) is 7. The predicted octanol–water partition coefficient (Wildman–Crippen LogP) is 5.88. The zero-order valence-electron chi connectivity index (χ0n) is 22.4. The van der Waals surface area contributed by atoms with Crippen molar-refractivity contribution in [3.8, 4) is 11.5 Å². The van der Waals surface area contributed by atoms with Crippen LogP contribution in [0.3, 0.4) is 0 Å². The van der Waals surface area contributed by atoms with Crippen LogP contribution < -0.4 is 20.1 Å². The summed E-state index contributed by atoms with van der Waals surface area (Å²) in [6.45, 7) is 8.27. The maximum Gasteiger partial charge on any atom is 0.255 e. The van der Waals surface area contributed by atoms with Crippen LogP contribution in [0.5, 0.6) is 11.5 Å². The molecule has 1 aliphatic heterocycles. The maximum atomic E-state index is 13.8. The Morgan fingerprint density at radius 1 is 1.10 bits per heavy atom. The standard InChI is InChI=1S/C29H29BrN6O3/c1-16-8-6-10-20(12-16)15-39-27-22(30)13-21(14-24(27)38-5)26-25(19(4)31-29-33-34-35-36(26)29)28(37)32-23-11-7-9-17(2)18(23)3/h6-14,26H,15H2,1-5H3,(H,32,37)(H,31,33,35). The minimum atomic E-state index is -0.614. The lowest BCUT2D eigenvalue weighted by Crippen LogP contribution is -2.31. The number of hydrogen-bond donors (Lipinski definition) is 2. The first-order valence-corrected chi connectivity index (χ1v) is 13.2. The van der Waals surface area contributed by atoms with Gasteiger partial charge in [-0.15, -0.1) is 0 Å². The first-order valence-electron chi connectivity index (χ1n) is 12.5. The van der Waals surface area contributed by atoms with Gasteiger partial charge in [0.05, 0.1) is 17.2 Å². The Balaban J connectivity index is 1.52. The van der Waals surface area contributed by atoms with Gasteiger partial charge in [0.2, 0.25) is 5.95 Å². The van der Waals surface area contributed by atoms with E-state index >= 15 is 0 Å². The third-order valence-corrected chi connectivity index (χ3v) is 7.43. The molecule has 2 N–H and O–H groups in total. The van der Waals surface area contributed by atoms with E-state index in [1.165, 1.54) is 0 Å². The van der Waals surface area contributed by atoms with E-state index in [1.807, 2.05) is 76.2 Å². The van der Waals surface area contributed by atoms with Crippen LogP contribution >= 0.6 is 15.9 Å². The van der Waals surface area contributed by atoms with E-state index in [2.05, 4.69) is 48.2 Å². The van der Waals surface area contributed by atoms with Gasteiger partial charge in [0.1, 0.15) is 12.6 Å². The number of anilines is 2. The average molecular weight is 589 g/mol. The van der Waals surface area contributed by atoms with Crippen LogP contribution in [0.25, 0.3) is 0 Å². The molecule has 200 valence electrons. The molecule has 1 aromatic heterocycles. The fraction of sp³-hybridized carbons (Fsp3) is 0.241. The largest absolute Gasteiger partial charge is 0.493 e. The highest BCUT2D eigenvalue weighted by Gasteiger charge is 2.35. The Morgan fingerprint density at radius 3 is 2.67 bits per heavy atom. The van der Waals surface area contributed by atoms with Gasteiger partial charge in [-0.3, -0.25) is 4.79 Å². The van der Waals surface area contributed by atoms with E-state index in [-0.39, 0.29) is 5.91 Å². The number of allylic oxidation sites excluding steroid dienone is 1. The number of aryl methyl sites for hydroxylation is 2. The van der Waals surface area contributed by atoms with Crippen molar-refractivity contribution in [2.24, 2.45) is 0 Å². The Bertz CT molecular complexity index is 1600. The van der Waals surface area contributed by atoms with Crippen LogP contribution in [-0.4, -0.2) is 33.2 Å². The molecule has 39 heavy (non-hydrogen) atoms. The summed E-state index contributed by atoms with van der Waals surface area (Å²) in [5.74, 6) is 1.27. The van der Waals surface area contributed by atoms with Gasteiger partial charge in [-0.25, -0.2) is 0 Å². The Labute approximate surface area is 235 Å². The SMILES string of the molecule is COc1cc(C2C(C(=O)Nc3cccc(C)c3C)=C(C)Nc3nnnn32)cc(Br)c1OCc1cccc(C)c1. The molecule has 5 rings (SSSR count). The quantitative estimate of drug-likeness (QED) is 0.278. The molecular weight excluding hydrogens is 560 g/mol. The number of rotatable bonds is 7. The van der Waals surface area contributed by atoms with Crippen molar-refractivity contribution in [2.75, 3.05) is 17.7 Å². The molecular formula is C29H29BrN6O3. The number of nitrogens with zero attached hydrogens (tertiary/aromatic N) is 4. The zero-order valence-corrected chi connectivity index (χ0v) is 24.0. The second kappa shape index (κ2) is 10.9. The van der Waals surface area contributed by atoms with Gasteiger partial charge >= 0.3 is 0 Å². The summed E-state index contributed by atoms with van der Waals surface area (Å²) in [5.41, 5.74) is 6.95. The fourth-order valence-corrected chi connectivity index (χ4v) is 5.26. The molecule has 0 saturated carbocycles. The summed E-state index contributed by atoms with van der Waals surface area (Å²) in [4.78, 5) is 13.8. The topological polar surface area (TPSA) is 103 Å². The molecule has 0 saturated heterocycles. The highest BCUT2D eigenvalue weighted by atomic mass is 79.9. The van der Waals surface area contributed by atoms with Crippen LogP contribution in [0, 0.1) is 20.8 Å². The predicted molar refractivity (Wildman–Crippen MR) is 153 cm³/mol. The number of carbonyl (C=O) groups excluding carboxylic acids is 1. The summed E-state index contributed by atoms with van der Waals surface area (Å²) in [6, 6.07) is 17.1. The summed E-state index contributed by atoms with van der Waals surface area (Å²) in [5, 5.41) is 18.4. The second-order valence-corrected chi connectivity index (χ2v) is 10.4. The van der Waals surface area contributed by atoms with Gasteiger partial charge in [-0.1, -0.05) is 47.1 Å². The number of carbonyl (C=O) groups is 1. The molecule has 0 radical (unpaired) electrons. The molecule has 10 heteroatoms. The molecule has 0 aliphatic carbocycles. The molecule has 1 atom stereocenters. The fourth-order valence-electron chi connectivity index (χ4n) is 4.69. The normalized spacial score (nSPS) is 14.5. The molecule has 9 nitrogen and oxygen atoms in total. The van der Waals surface area contributed by atoms with Crippen LogP contribution in [0.1, 0.15) is 40.8 Å². The number of benzene rings is 3. The number of amides is 1. The minimum absolute atomic E-state index is 0.255. The second-order valence-electron chi connectivity index (χ2n) is 9.53. The Morgan fingerprint density at radius 2 is 1.90 bits per heavy atom. The van der Waals surface area contributed by atoms with Crippen LogP contribution in [-0.2, 0) is 11.4 Å². The first kappa shape index (κ1) is 26.4. The van der Waals surface area contributed by atoms with E-state index in [1.54, 1.807) is 11.8 Å². The van der Waals surface area contributed by atoms with Gasteiger partial charge in [0.15, 0.2) is 11.5 Å². The lowest BCUT2D eigenvalue weighted by molar-refractivity contribution is -0.113. The maximum absolute atomic E-state index is 13.8. The van der Waals surface area contributed by atoms with E-state index < -0.39 is 6.04 Å². The van der Waals surface area contributed by atoms with Crippen LogP contribution in [0.4, 0.5) is 11.6 Å². The van der Waals surface area contributed by atoms with Crippen molar-refractivity contribution < 1.29 is 14.3 Å². The number of methoxy groups -OCH3 is 1. The van der Waals surface area contributed by atoms with Crippen LogP contribution in [0.15, 0.2) is 70.3 Å². The molecule has 0 bridgehead atoms. The number of aromatic nitrogens is 4. The highest BCUT2D eigenvalue weighted by Crippen LogP contribution is 2.43. The van der Waals surface area contributed by atoms with Crippen LogP contribution in [0.2, 0.25) is 0 Å². The summed E-state index contributed by atoms with van der Waals surface area (Å²) in [7, 11) is 1.59. The van der Waals surface area contributed by atoms with Crippen molar-refractivity contribution in [3.05, 3.63) is 98.2 Å². The minimum Gasteiger partial charge on any atom is -0.493 e. The third kappa shape index (κ3) is 5.24. The van der Waals surface area contributed by atoms with Gasteiger partial charge in [0.25, 0.3) is 5.91 Å². The first-order chi connectivity index (χ1) is 18.8. The van der Waals surface area contributed by atoms with Gasteiger partial charge in [-0.05, 0) is 94.5 Å². The zero-order chi connectivity index (χ0) is 27.7. The van der Waals surface area contributed by atoms with Gasteiger partial charge < -0.3 is 20.1 Å². The van der Waals surface area contributed by atoms with E-state index in [4.69, 9.17) is 9.47 Å². The molecule has 1 unspecified atom stereocenters. The van der Waals surface area contributed by atoms with Crippen molar-refractivity contribution >= 4 is 33.5 Å². The van der Waals surface area contributed by atoms with Crippen molar-refractivity contribution in [1.29, 1.82) is 0 Å². The highest BCUT2D eigenvalue weighted by molar-refractivity contribution is 9.10. The summed E-state index contributed by atoms with van der Waals surface area (Å²) >= 11 is 3.67. The summed E-state index contributed by atoms with van der Waals surface area (Å²) in [6.07, 6.45) is 0. The molecule has 3 aromatic carbocycles. The Kier molecular flexibility index (Phi) is 7.38. The average Bonchev–Trinajstić information content (AvgIpc) is 3.37.